The van der Waals surface area contributed by atoms with Gasteiger partial charge in [0.25, 0.3) is 0 Å². The molecular weight excluding hydrogens is 252 g/mol. The Morgan fingerprint density at radius 1 is 1.17 bits per heavy atom. The maximum atomic E-state index is 13.3. The first-order valence-electron chi connectivity index (χ1n) is 6.57. The zero-order valence-electron chi connectivity index (χ0n) is 10.4. The summed E-state index contributed by atoms with van der Waals surface area (Å²) in [5.41, 5.74) is 0. The quantitative estimate of drug-likeness (QED) is 0.642. The molecule has 0 aromatic heterocycles. The van der Waals surface area contributed by atoms with Gasteiger partial charge in [0.05, 0.1) is 0 Å². The molecular formula is C14H19F2NS. The number of hydrogen-bond donors (Lipinski definition) is 1. The van der Waals surface area contributed by atoms with Gasteiger partial charge in [-0.15, -0.1) is 11.8 Å². The summed E-state index contributed by atoms with van der Waals surface area (Å²) in [7, 11) is 0. The van der Waals surface area contributed by atoms with Crippen molar-refractivity contribution in [3.8, 4) is 0 Å². The van der Waals surface area contributed by atoms with Crippen LogP contribution in [-0.2, 0) is 0 Å². The lowest BCUT2D eigenvalue weighted by Gasteiger charge is -2.22. The van der Waals surface area contributed by atoms with Gasteiger partial charge in [-0.05, 0) is 31.0 Å². The van der Waals surface area contributed by atoms with E-state index in [0.717, 1.165) is 18.4 Å². The molecule has 0 aliphatic heterocycles. The highest BCUT2D eigenvalue weighted by Crippen LogP contribution is 2.22. The third kappa shape index (κ3) is 4.25. The molecule has 4 heteroatoms. The maximum Gasteiger partial charge on any atom is 0.136 e. The normalized spacial score (nSPS) is 17.0. The zero-order valence-corrected chi connectivity index (χ0v) is 11.2. The Morgan fingerprint density at radius 2 is 1.94 bits per heavy atom. The molecule has 0 atom stereocenters. The Balaban J connectivity index is 1.69. The van der Waals surface area contributed by atoms with E-state index >= 15 is 0 Å². The van der Waals surface area contributed by atoms with Crippen LogP contribution in [0.3, 0.4) is 0 Å². The fourth-order valence-corrected chi connectivity index (χ4v) is 3.16. The van der Waals surface area contributed by atoms with E-state index in [1.54, 1.807) is 0 Å². The van der Waals surface area contributed by atoms with Gasteiger partial charge in [0.1, 0.15) is 11.6 Å². The van der Waals surface area contributed by atoms with Crippen LogP contribution >= 0.6 is 11.8 Å². The lowest BCUT2D eigenvalue weighted by molar-refractivity contribution is 0.381. The van der Waals surface area contributed by atoms with E-state index in [-0.39, 0.29) is 11.6 Å². The van der Waals surface area contributed by atoms with Crippen molar-refractivity contribution in [2.24, 2.45) is 0 Å². The topological polar surface area (TPSA) is 12.0 Å². The van der Waals surface area contributed by atoms with Crippen LogP contribution in [0, 0.1) is 11.6 Å². The number of nitrogens with one attached hydrogen (secondary N) is 1. The molecule has 1 N–H and O–H groups in total. The Hall–Kier alpha value is -0.610. The van der Waals surface area contributed by atoms with E-state index in [2.05, 4.69) is 5.32 Å². The molecule has 1 aliphatic rings. The van der Waals surface area contributed by atoms with E-state index < -0.39 is 0 Å². The maximum absolute atomic E-state index is 13.3. The highest BCUT2D eigenvalue weighted by atomic mass is 32.2. The van der Waals surface area contributed by atoms with Crippen molar-refractivity contribution in [1.82, 2.24) is 5.32 Å². The summed E-state index contributed by atoms with van der Waals surface area (Å²) in [6.45, 7) is 0.852. The molecule has 1 aromatic carbocycles. The SMILES string of the molecule is Fc1ccc(F)c(SCCNC2CCCCC2)c1. The first kappa shape index (κ1) is 13.8. The molecule has 0 radical (unpaired) electrons. The van der Waals surface area contributed by atoms with Gasteiger partial charge in [0.15, 0.2) is 0 Å². The van der Waals surface area contributed by atoms with Crippen LogP contribution in [0.25, 0.3) is 0 Å². The molecule has 100 valence electrons. The van der Waals surface area contributed by atoms with E-state index in [4.69, 9.17) is 0 Å². The van der Waals surface area contributed by atoms with E-state index in [1.165, 1.54) is 56.0 Å². The van der Waals surface area contributed by atoms with Gasteiger partial charge in [-0.1, -0.05) is 19.3 Å². The molecule has 0 amide bonds. The standard InChI is InChI=1S/C14H19F2NS/c15-11-6-7-13(16)14(10-11)18-9-8-17-12-4-2-1-3-5-12/h6-7,10,12,17H,1-5,8-9H2. The van der Waals surface area contributed by atoms with Crippen LogP contribution in [0.2, 0.25) is 0 Å². The molecule has 1 fully saturated rings. The van der Waals surface area contributed by atoms with Gasteiger partial charge in [-0.3, -0.25) is 0 Å². The number of thioether (sulfide) groups is 1. The van der Waals surface area contributed by atoms with Crippen LogP contribution in [0.1, 0.15) is 32.1 Å². The van der Waals surface area contributed by atoms with Crippen molar-refractivity contribution < 1.29 is 8.78 Å². The molecule has 0 saturated heterocycles. The first-order valence-corrected chi connectivity index (χ1v) is 7.55. The number of benzene rings is 1. The summed E-state index contributed by atoms with van der Waals surface area (Å²) >= 11 is 1.37. The van der Waals surface area contributed by atoms with Gasteiger partial charge >= 0.3 is 0 Å². The number of rotatable bonds is 5. The van der Waals surface area contributed by atoms with Crippen molar-refractivity contribution in [2.75, 3.05) is 12.3 Å². The fraction of sp³-hybridized carbons (Fsp3) is 0.571. The third-order valence-corrected chi connectivity index (χ3v) is 4.32. The minimum absolute atomic E-state index is 0.334. The Bertz CT molecular complexity index is 378. The molecule has 18 heavy (non-hydrogen) atoms. The molecule has 2 rings (SSSR count). The van der Waals surface area contributed by atoms with Crippen LogP contribution < -0.4 is 5.32 Å². The second-order valence-electron chi connectivity index (χ2n) is 4.71. The highest BCUT2D eigenvalue weighted by molar-refractivity contribution is 7.99. The van der Waals surface area contributed by atoms with Crippen LogP contribution in [-0.4, -0.2) is 18.3 Å². The summed E-state index contributed by atoms with van der Waals surface area (Å²) in [5.74, 6) is 0.0647. The first-order chi connectivity index (χ1) is 8.75. The van der Waals surface area contributed by atoms with Crippen molar-refractivity contribution in [3.05, 3.63) is 29.8 Å². The molecule has 1 aliphatic carbocycles. The summed E-state index contributed by atoms with van der Waals surface area (Å²) < 4.78 is 26.3. The lowest BCUT2D eigenvalue weighted by atomic mass is 9.96. The van der Waals surface area contributed by atoms with Gasteiger partial charge in [-0.2, -0.15) is 0 Å². The average Bonchev–Trinajstić information content (AvgIpc) is 2.40. The van der Waals surface area contributed by atoms with Gasteiger partial charge in [0.2, 0.25) is 0 Å². The van der Waals surface area contributed by atoms with Crippen LogP contribution in [0.4, 0.5) is 8.78 Å². The third-order valence-electron chi connectivity index (χ3n) is 3.29. The predicted octanol–water partition coefficient (Wildman–Crippen LogP) is 3.98. The average molecular weight is 271 g/mol. The molecule has 1 nitrogen and oxygen atoms in total. The molecule has 1 saturated carbocycles. The van der Waals surface area contributed by atoms with Crippen molar-refractivity contribution in [1.29, 1.82) is 0 Å². The predicted molar refractivity (Wildman–Crippen MR) is 72.0 cm³/mol. The molecule has 0 spiro atoms. The van der Waals surface area contributed by atoms with Crippen molar-refractivity contribution >= 4 is 11.8 Å². The van der Waals surface area contributed by atoms with E-state index in [9.17, 15) is 8.78 Å². The molecule has 0 heterocycles. The minimum Gasteiger partial charge on any atom is -0.313 e. The summed E-state index contributed by atoms with van der Waals surface area (Å²) in [6.07, 6.45) is 6.46. The minimum atomic E-state index is -0.376. The molecule has 0 unspecified atom stereocenters. The highest BCUT2D eigenvalue weighted by Gasteiger charge is 2.12. The van der Waals surface area contributed by atoms with Crippen molar-refractivity contribution in [3.63, 3.8) is 0 Å². The van der Waals surface area contributed by atoms with E-state index in [0.29, 0.717) is 10.9 Å². The lowest BCUT2D eigenvalue weighted by Crippen LogP contribution is -2.32. The Labute approximate surface area is 111 Å². The number of hydrogen-bond acceptors (Lipinski definition) is 2. The Kier molecular flexibility index (Phi) is 5.45. The molecule has 0 bridgehead atoms. The summed E-state index contributed by atoms with van der Waals surface area (Å²) in [4.78, 5) is 0.403. The van der Waals surface area contributed by atoms with Gasteiger partial charge in [0, 0.05) is 23.2 Å². The summed E-state index contributed by atoms with van der Waals surface area (Å²) in [5, 5.41) is 3.49. The zero-order chi connectivity index (χ0) is 12.8. The molecule has 1 aromatic rings. The van der Waals surface area contributed by atoms with Gasteiger partial charge in [-0.25, -0.2) is 8.78 Å². The van der Waals surface area contributed by atoms with Gasteiger partial charge < -0.3 is 5.32 Å². The summed E-state index contributed by atoms with van der Waals surface area (Å²) in [6, 6.07) is 4.23. The van der Waals surface area contributed by atoms with Crippen molar-refractivity contribution in [2.45, 2.75) is 43.0 Å². The fourth-order valence-electron chi connectivity index (χ4n) is 2.32. The smallest absolute Gasteiger partial charge is 0.136 e. The largest absolute Gasteiger partial charge is 0.313 e. The van der Waals surface area contributed by atoms with E-state index in [1.807, 2.05) is 0 Å². The Morgan fingerprint density at radius 3 is 2.72 bits per heavy atom. The van der Waals surface area contributed by atoms with Crippen LogP contribution in [0.15, 0.2) is 23.1 Å². The van der Waals surface area contributed by atoms with Crippen LogP contribution in [0.5, 0.6) is 0 Å². The monoisotopic (exact) mass is 271 g/mol. The number of halogens is 2. The second kappa shape index (κ2) is 7.10. The second-order valence-corrected chi connectivity index (χ2v) is 5.85.